The van der Waals surface area contributed by atoms with Crippen LogP contribution >= 0.6 is 11.8 Å². The van der Waals surface area contributed by atoms with Gasteiger partial charge in [-0.05, 0) is 12.8 Å². The third kappa shape index (κ3) is 3.90. The van der Waals surface area contributed by atoms with E-state index in [1.807, 2.05) is 0 Å². The Morgan fingerprint density at radius 3 is 2.65 bits per heavy atom. The summed E-state index contributed by atoms with van der Waals surface area (Å²) in [6.45, 7) is 4.21. The van der Waals surface area contributed by atoms with Gasteiger partial charge in [0.05, 0.1) is 5.69 Å². The van der Waals surface area contributed by atoms with Crippen LogP contribution in [-0.2, 0) is 6.42 Å². The lowest BCUT2D eigenvalue weighted by molar-refractivity contribution is 0.823. The highest BCUT2D eigenvalue weighted by molar-refractivity contribution is 7.99. The number of nitrogen functional groups attached to an aromatic ring is 1. The summed E-state index contributed by atoms with van der Waals surface area (Å²) in [5, 5.41) is 9.71. The highest BCUT2D eigenvalue weighted by Crippen LogP contribution is 2.21. The predicted molar refractivity (Wildman–Crippen MR) is 70.8 cm³/mol. The number of anilines is 1. The van der Waals surface area contributed by atoms with Gasteiger partial charge in [0, 0.05) is 5.75 Å². The van der Waals surface area contributed by atoms with Crippen molar-refractivity contribution >= 4 is 17.6 Å². The van der Waals surface area contributed by atoms with Crippen molar-refractivity contribution in [3.05, 3.63) is 11.3 Å². The van der Waals surface area contributed by atoms with Crippen LogP contribution in [0.15, 0.2) is 5.16 Å². The van der Waals surface area contributed by atoms with Gasteiger partial charge in [0.2, 0.25) is 0 Å². The lowest BCUT2D eigenvalue weighted by atomic mass is 10.1. The van der Waals surface area contributed by atoms with Crippen LogP contribution in [0.1, 0.15) is 44.4 Å². The van der Waals surface area contributed by atoms with Crippen LogP contribution in [0, 0.1) is 11.3 Å². The molecule has 0 radical (unpaired) electrons. The molecule has 4 nitrogen and oxygen atoms in total. The third-order valence-corrected chi connectivity index (χ3v) is 3.25. The Kier molecular flexibility index (Phi) is 5.78. The molecular formula is C12H18N4S. The van der Waals surface area contributed by atoms with Gasteiger partial charge in [0.25, 0.3) is 0 Å². The summed E-state index contributed by atoms with van der Waals surface area (Å²) < 4.78 is 0. The molecule has 1 aromatic heterocycles. The first kappa shape index (κ1) is 13.8. The number of rotatable bonds is 6. The summed E-state index contributed by atoms with van der Waals surface area (Å²) in [6, 6.07) is 2.08. The van der Waals surface area contributed by atoms with Gasteiger partial charge in [0.15, 0.2) is 5.16 Å². The number of thioether (sulfide) groups is 1. The van der Waals surface area contributed by atoms with Crippen molar-refractivity contribution in [2.45, 2.75) is 44.7 Å². The van der Waals surface area contributed by atoms with E-state index in [1.54, 1.807) is 11.8 Å². The van der Waals surface area contributed by atoms with Gasteiger partial charge in [0.1, 0.15) is 17.5 Å². The Hall–Kier alpha value is -1.28. The first-order valence-electron chi connectivity index (χ1n) is 5.92. The molecule has 0 bridgehead atoms. The van der Waals surface area contributed by atoms with E-state index in [4.69, 9.17) is 11.0 Å². The maximum Gasteiger partial charge on any atom is 0.189 e. The summed E-state index contributed by atoms with van der Waals surface area (Å²) in [7, 11) is 0. The SMILES string of the molecule is CCCCSc1nc(N)c(C#N)c(CCC)n1. The van der Waals surface area contributed by atoms with Crippen molar-refractivity contribution in [1.29, 1.82) is 5.26 Å². The Morgan fingerprint density at radius 2 is 2.06 bits per heavy atom. The summed E-state index contributed by atoms with van der Waals surface area (Å²) in [4.78, 5) is 8.58. The van der Waals surface area contributed by atoms with Crippen molar-refractivity contribution in [1.82, 2.24) is 9.97 Å². The fourth-order valence-electron chi connectivity index (χ4n) is 1.41. The molecule has 0 aliphatic rings. The minimum absolute atomic E-state index is 0.310. The van der Waals surface area contributed by atoms with Crippen LogP contribution < -0.4 is 5.73 Å². The average Bonchev–Trinajstić information content (AvgIpc) is 2.30. The number of aromatic nitrogens is 2. The van der Waals surface area contributed by atoms with Gasteiger partial charge in [-0.3, -0.25) is 0 Å². The average molecular weight is 250 g/mol. The van der Waals surface area contributed by atoms with Crippen molar-refractivity contribution in [2.75, 3.05) is 11.5 Å². The number of aryl methyl sites for hydroxylation is 1. The molecule has 1 heterocycles. The molecule has 2 N–H and O–H groups in total. The molecule has 0 saturated carbocycles. The fraction of sp³-hybridized carbons (Fsp3) is 0.583. The van der Waals surface area contributed by atoms with Crippen LogP contribution in [0.3, 0.4) is 0 Å². The van der Waals surface area contributed by atoms with Crippen LogP contribution in [-0.4, -0.2) is 15.7 Å². The minimum Gasteiger partial charge on any atom is -0.382 e. The van der Waals surface area contributed by atoms with Crippen LogP contribution in [0.5, 0.6) is 0 Å². The molecule has 17 heavy (non-hydrogen) atoms. The molecule has 1 aromatic rings. The molecule has 1 rings (SSSR count). The summed E-state index contributed by atoms with van der Waals surface area (Å²) in [5.41, 5.74) is 7.00. The van der Waals surface area contributed by atoms with Crippen molar-refractivity contribution in [2.24, 2.45) is 0 Å². The largest absolute Gasteiger partial charge is 0.382 e. The molecular weight excluding hydrogens is 232 g/mol. The molecule has 0 unspecified atom stereocenters. The molecule has 0 spiro atoms. The molecule has 0 fully saturated rings. The molecule has 92 valence electrons. The quantitative estimate of drug-likeness (QED) is 0.477. The Balaban J connectivity index is 2.90. The number of nitriles is 1. The van der Waals surface area contributed by atoms with E-state index in [0.29, 0.717) is 16.5 Å². The normalized spacial score (nSPS) is 10.2. The van der Waals surface area contributed by atoms with Gasteiger partial charge >= 0.3 is 0 Å². The molecule has 5 heteroatoms. The van der Waals surface area contributed by atoms with Gasteiger partial charge in [-0.15, -0.1) is 0 Å². The fourth-order valence-corrected chi connectivity index (χ4v) is 2.37. The van der Waals surface area contributed by atoms with E-state index in [0.717, 1.165) is 37.1 Å². The second-order valence-corrected chi connectivity index (χ2v) is 4.84. The zero-order valence-electron chi connectivity index (χ0n) is 10.4. The van der Waals surface area contributed by atoms with Crippen molar-refractivity contribution in [3.63, 3.8) is 0 Å². The zero-order valence-corrected chi connectivity index (χ0v) is 11.2. The van der Waals surface area contributed by atoms with E-state index >= 15 is 0 Å². The molecule has 0 atom stereocenters. The zero-order chi connectivity index (χ0) is 12.7. The molecule has 0 aliphatic heterocycles. The second kappa shape index (κ2) is 7.13. The standard InChI is InChI=1S/C12H18N4S/c1-3-5-7-17-12-15-10(6-4-2)9(8-13)11(14)16-12/h3-7H2,1-2H3,(H2,14,15,16). The van der Waals surface area contributed by atoms with E-state index in [2.05, 4.69) is 29.9 Å². The van der Waals surface area contributed by atoms with Gasteiger partial charge in [-0.1, -0.05) is 38.5 Å². The highest BCUT2D eigenvalue weighted by Gasteiger charge is 2.11. The second-order valence-electron chi connectivity index (χ2n) is 3.78. The Morgan fingerprint density at radius 1 is 1.29 bits per heavy atom. The summed E-state index contributed by atoms with van der Waals surface area (Å²) >= 11 is 1.61. The van der Waals surface area contributed by atoms with Gasteiger partial charge in [-0.2, -0.15) is 5.26 Å². The van der Waals surface area contributed by atoms with E-state index in [9.17, 15) is 0 Å². The third-order valence-electron chi connectivity index (χ3n) is 2.32. The van der Waals surface area contributed by atoms with Crippen molar-refractivity contribution < 1.29 is 0 Å². The molecule has 0 amide bonds. The summed E-state index contributed by atoms with van der Waals surface area (Å²) in [6.07, 6.45) is 4.01. The van der Waals surface area contributed by atoms with E-state index in [-0.39, 0.29) is 0 Å². The Bertz CT molecular complexity index is 412. The number of nitrogens with zero attached hydrogens (tertiary/aromatic N) is 3. The number of unbranched alkanes of at least 4 members (excludes halogenated alkanes) is 1. The molecule has 0 aromatic carbocycles. The van der Waals surface area contributed by atoms with Crippen LogP contribution in [0.25, 0.3) is 0 Å². The monoisotopic (exact) mass is 250 g/mol. The Labute approximate surface area is 107 Å². The maximum atomic E-state index is 9.01. The van der Waals surface area contributed by atoms with Crippen molar-refractivity contribution in [3.8, 4) is 6.07 Å². The van der Waals surface area contributed by atoms with E-state index < -0.39 is 0 Å². The van der Waals surface area contributed by atoms with Gasteiger partial charge in [-0.25, -0.2) is 9.97 Å². The maximum absolute atomic E-state index is 9.01. The topological polar surface area (TPSA) is 75.6 Å². The predicted octanol–water partition coefficient (Wildman–Crippen LogP) is 2.78. The lowest BCUT2D eigenvalue weighted by Crippen LogP contribution is -2.05. The minimum atomic E-state index is 0.310. The number of nitrogens with two attached hydrogens (primary N) is 1. The molecule has 0 aliphatic carbocycles. The van der Waals surface area contributed by atoms with Crippen LogP contribution in [0.2, 0.25) is 0 Å². The lowest BCUT2D eigenvalue weighted by Gasteiger charge is -2.07. The van der Waals surface area contributed by atoms with Crippen LogP contribution in [0.4, 0.5) is 5.82 Å². The number of hydrogen-bond donors (Lipinski definition) is 1. The number of hydrogen-bond acceptors (Lipinski definition) is 5. The van der Waals surface area contributed by atoms with E-state index in [1.165, 1.54) is 0 Å². The first-order chi connectivity index (χ1) is 8.22. The first-order valence-corrected chi connectivity index (χ1v) is 6.90. The highest BCUT2D eigenvalue weighted by atomic mass is 32.2. The summed E-state index contributed by atoms with van der Waals surface area (Å²) in [5.74, 6) is 1.30. The smallest absolute Gasteiger partial charge is 0.189 e. The van der Waals surface area contributed by atoms with Gasteiger partial charge < -0.3 is 5.73 Å². The molecule has 0 saturated heterocycles.